The summed E-state index contributed by atoms with van der Waals surface area (Å²) >= 11 is 6.16. The van der Waals surface area contributed by atoms with Gasteiger partial charge in [0.25, 0.3) is 0 Å². The number of hydrogen-bond donors (Lipinski definition) is 3. The van der Waals surface area contributed by atoms with E-state index in [0.29, 0.717) is 18.0 Å². The third-order valence-electron chi connectivity index (χ3n) is 4.85. The molecule has 3 aromatic carbocycles. The first-order valence-electron chi connectivity index (χ1n) is 10.4. The Morgan fingerprint density at radius 2 is 1.71 bits per heavy atom. The van der Waals surface area contributed by atoms with E-state index in [9.17, 15) is 18.0 Å². The lowest BCUT2D eigenvalue weighted by atomic mass is 10.1. The van der Waals surface area contributed by atoms with Crippen LogP contribution >= 0.6 is 11.6 Å². The zero-order valence-electron chi connectivity index (χ0n) is 18.3. The van der Waals surface area contributed by atoms with E-state index in [1.165, 1.54) is 42.5 Å². The van der Waals surface area contributed by atoms with Crippen LogP contribution < -0.4 is 20.5 Å². The summed E-state index contributed by atoms with van der Waals surface area (Å²) in [6, 6.07) is 17.9. The van der Waals surface area contributed by atoms with Crippen LogP contribution in [0.1, 0.15) is 22.8 Å². The van der Waals surface area contributed by atoms with Crippen molar-refractivity contribution in [1.82, 2.24) is 4.72 Å². The first-order valence-corrected chi connectivity index (χ1v) is 12.2. The molecule has 0 saturated heterocycles. The molecule has 0 saturated carbocycles. The van der Waals surface area contributed by atoms with E-state index >= 15 is 0 Å². The number of nitrogens with one attached hydrogen (secondary N) is 2. The summed E-state index contributed by atoms with van der Waals surface area (Å²) in [5.41, 5.74) is 6.67. The highest BCUT2D eigenvalue weighted by molar-refractivity contribution is 7.89. The Labute approximate surface area is 203 Å². The summed E-state index contributed by atoms with van der Waals surface area (Å²) < 4.78 is 34.0. The number of ether oxygens (including phenoxy) is 1. The minimum absolute atomic E-state index is 0.0994. The quantitative estimate of drug-likeness (QED) is 0.392. The minimum Gasteiger partial charge on any atom is -0.492 e. The molecule has 4 N–H and O–H groups in total. The maximum Gasteiger partial charge on any atom is 0.248 e. The largest absolute Gasteiger partial charge is 0.492 e. The van der Waals surface area contributed by atoms with Crippen molar-refractivity contribution in [3.63, 3.8) is 0 Å². The van der Waals surface area contributed by atoms with Crippen LogP contribution in [0, 0.1) is 0 Å². The molecule has 0 aliphatic rings. The molecule has 0 radical (unpaired) electrons. The van der Waals surface area contributed by atoms with Gasteiger partial charge in [0, 0.05) is 11.3 Å². The lowest BCUT2D eigenvalue weighted by Crippen LogP contribution is -2.45. The number of halogens is 1. The number of hydrogen-bond acceptors (Lipinski definition) is 5. The zero-order chi connectivity index (χ0) is 24.7. The van der Waals surface area contributed by atoms with E-state index < -0.39 is 27.9 Å². The van der Waals surface area contributed by atoms with Crippen LogP contribution in [0.2, 0.25) is 5.02 Å². The number of anilines is 1. The predicted octanol–water partition coefficient (Wildman–Crippen LogP) is 3.37. The molecule has 0 fully saturated rings. The fourth-order valence-corrected chi connectivity index (χ4v) is 4.68. The van der Waals surface area contributed by atoms with Gasteiger partial charge in [-0.15, -0.1) is 0 Å². The minimum atomic E-state index is -4.10. The molecule has 0 aliphatic carbocycles. The van der Waals surface area contributed by atoms with E-state index in [1.807, 2.05) is 6.07 Å². The van der Waals surface area contributed by atoms with E-state index in [2.05, 4.69) is 10.0 Å². The van der Waals surface area contributed by atoms with Gasteiger partial charge in [-0.05, 0) is 61.4 Å². The summed E-state index contributed by atoms with van der Waals surface area (Å²) in [6.07, 6.45) is 0.107. The Morgan fingerprint density at radius 1 is 1.03 bits per heavy atom. The van der Waals surface area contributed by atoms with Crippen molar-refractivity contribution in [1.29, 1.82) is 0 Å². The third-order valence-corrected chi connectivity index (χ3v) is 6.61. The number of benzene rings is 3. The van der Waals surface area contributed by atoms with Crippen molar-refractivity contribution < 1.29 is 22.7 Å². The molecule has 0 aliphatic heterocycles. The number of carbonyl (C=O) groups is 2. The molecule has 10 heteroatoms. The average Bonchev–Trinajstić information content (AvgIpc) is 2.81. The van der Waals surface area contributed by atoms with E-state index in [-0.39, 0.29) is 21.9 Å². The molecule has 0 unspecified atom stereocenters. The zero-order valence-corrected chi connectivity index (χ0v) is 19.9. The molecule has 0 bridgehead atoms. The van der Waals surface area contributed by atoms with Gasteiger partial charge in [0.2, 0.25) is 21.8 Å². The molecule has 0 aromatic heterocycles. The fourth-order valence-electron chi connectivity index (χ4n) is 3.16. The maximum absolute atomic E-state index is 13.1. The van der Waals surface area contributed by atoms with Crippen molar-refractivity contribution in [3.8, 4) is 5.75 Å². The molecule has 0 heterocycles. The highest BCUT2D eigenvalue weighted by Gasteiger charge is 2.27. The van der Waals surface area contributed by atoms with Crippen molar-refractivity contribution in [2.75, 3.05) is 11.9 Å². The molecule has 2 amide bonds. The number of sulfonamides is 1. The second kappa shape index (κ2) is 11.1. The van der Waals surface area contributed by atoms with Gasteiger partial charge in [-0.2, -0.15) is 4.72 Å². The summed E-state index contributed by atoms with van der Waals surface area (Å²) in [7, 11) is -4.10. The van der Waals surface area contributed by atoms with Gasteiger partial charge in [0.15, 0.2) is 0 Å². The standard InChI is InChI=1S/C24H24ClN3O5S/c1-2-33-22-13-12-19(15-20(22)25)34(31,32)28-21(14-16-6-4-3-5-7-16)24(30)27-18-10-8-17(9-11-18)23(26)29/h3-13,15,21,28H,2,14H2,1H3,(H2,26,29)(H,27,30)/t21-/m0/s1. The molecule has 3 aromatic rings. The molecule has 178 valence electrons. The Hall–Kier alpha value is -3.40. The highest BCUT2D eigenvalue weighted by Crippen LogP contribution is 2.27. The normalized spacial score (nSPS) is 12.1. The van der Waals surface area contributed by atoms with E-state index in [1.54, 1.807) is 31.2 Å². The molecular formula is C24H24ClN3O5S. The number of carbonyl (C=O) groups excluding carboxylic acids is 2. The lowest BCUT2D eigenvalue weighted by Gasteiger charge is -2.19. The Balaban J connectivity index is 1.85. The van der Waals surface area contributed by atoms with E-state index in [4.69, 9.17) is 22.1 Å². The molecular weight excluding hydrogens is 478 g/mol. The van der Waals surface area contributed by atoms with Crippen LogP contribution in [0.25, 0.3) is 0 Å². The molecule has 3 rings (SSSR count). The first-order chi connectivity index (χ1) is 16.2. The van der Waals surface area contributed by atoms with Gasteiger partial charge < -0.3 is 15.8 Å². The second-order valence-electron chi connectivity index (χ2n) is 7.32. The molecule has 8 nitrogen and oxygen atoms in total. The van der Waals surface area contributed by atoms with Crippen LogP contribution in [-0.2, 0) is 21.2 Å². The summed E-state index contributed by atoms with van der Waals surface area (Å²) in [5.74, 6) is -0.806. The van der Waals surface area contributed by atoms with Gasteiger partial charge >= 0.3 is 0 Å². The number of primary amides is 1. The average molecular weight is 502 g/mol. The smallest absolute Gasteiger partial charge is 0.248 e. The van der Waals surface area contributed by atoms with Crippen LogP contribution in [0.4, 0.5) is 5.69 Å². The molecule has 0 spiro atoms. The molecule has 34 heavy (non-hydrogen) atoms. The van der Waals surface area contributed by atoms with Crippen LogP contribution in [0.15, 0.2) is 77.7 Å². The Bertz CT molecular complexity index is 1270. The number of amides is 2. The van der Waals surface area contributed by atoms with Crippen LogP contribution in [0.5, 0.6) is 5.75 Å². The summed E-state index contributed by atoms with van der Waals surface area (Å²) in [5, 5.41) is 2.82. The van der Waals surface area contributed by atoms with Crippen molar-refractivity contribution in [2.24, 2.45) is 5.73 Å². The Kier molecular flexibility index (Phi) is 8.27. The monoisotopic (exact) mass is 501 g/mol. The fraction of sp³-hybridized carbons (Fsp3) is 0.167. The number of rotatable bonds is 10. The van der Waals surface area contributed by atoms with Gasteiger partial charge in [-0.1, -0.05) is 41.9 Å². The van der Waals surface area contributed by atoms with Crippen molar-refractivity contribution in [2.45, 2.75) is 24.3 Å². The van der Waals surface area contributed by atoms with Gasteiger partial charge in [-0.25, -0.2) is 8.42 Å². The van der Waals surface area contributed by atoms with Crippen LogP contribution in [0.3, 0.4) is 0 Å². The van der Waals surface area contributed by atoms with Gasteiger partial charge in [0.05, 0.1) is 16.5 Å². The predicted molar refractivity (Wildman–Crippen MR) is 130 cm³/mol. The summed E-state index contributed by atoms with van der Waals surface area (Å²) in [6.45, 7) is 2.17. The third kappa shape index (κ3) is 6.57. The first kappa shape index (κ1) is 25.2. The van der Waals surface area contributed by atoms with Gasteiger partial charge in [0.1, 0.15) is 11.8 Å². The number of nitrogens with two attached hydrogens (primary N) is 1. The SMILES string of the molecule is CCOc1ccc(S(=O)(=O)N[C@@H](Cc2ccccc2)C(=O)Nc2ccc(C(N)=O)cc2)cc1Cl. The van der Waals surface area contributed by atoms with Crippen molar-refractivity contribution in [3.05, 3.63) is 88.9 Å². The van der Waals surface area contributed by atoms with Gasteiger partial charge in [-0.3, -0.25) is 9.59 Å². The maximum atomic E-state index is 13.1. The van der Waals surface area contributed by atoms with Crippen LogP contribution in [-0.4, -0.2) is 32.9 Å². The second-order valence-corrected chi connectivity index (χ2v) is 9.44. The van der Waals surface area contributed by atoms with Crippen molar-refractivity contribution >= 4 is 39.1 Å². The van der Waals surface area contributed by atoms with E-state index in [0.717, 1.165) is 5.56 Å². The molecule has 1 atom stereocenters. The lowest BCUT2D eigenvalue weighted by molar-refractivity contribution is -0.117. The summed E-state index contributed by atoms with van der Waals surface area (Å²) in [4.78, 5) is 24.2. The Morgan fingerprint density at radius 3 is 2.29 bits per heavy atom. The topological polar surface area (TPSA) is 128 Å². The highest BCUT2D eigenvalue weighted by atomic mass is 35.5.